The topological polar surface area (TPSA) is 92.7 Å². The smallest absolute Gasteiger partial charge is 0.348 e. The molecule has 0 amide bonds. The lowest BCUT2D eigenvalue weighted by molar-refractivity contribution is 0.00638. The standard InChI is InChI=1S/C12H18BrNO5S2/c1-11(2,12(3,4)16)14-21(17,18)8-6-7(10(15)19-5)20-9(8)13/h6,14,16H,1-5H3. The van der Waals surface area contributed by atoms with Crippen LogP contribution < -0.4 is 4.72 Å². The molecule has 0 saturated heterocycles. The van der Waals surface area contributed by atoms with Crippen molar-refractivity contribution in [3.05, 3.63) is 14.7 Å². The largest absolute Gasteiger partial charge is 0.465 e. The van der Waals surface area contributed by atoms with E-state index in [1.165, 1.54) is 27.0 Å². The third-order valence-electron chi connectivity index (χ3n) is 3.25. The number of rotatable bonds is 5. The monoisotopic (exact) mass is 399 g/mol. The molecule has 0 radical (unpaired) electrons. The maximum Gasteiger partial charge on any atom is 0.348 e. The number of thiophene rings is 1. The molecule has 21 heavy (non-hydrogen) atoms. The summed E-state index contributed by atoms with van der Waals surface area (Å²) in [6.45, 7) is 6.17. The number of nitrogens with one attached hydrogen (secondary N) is 1. The first-order chi connectivity index (χ1) is 9.32. The number of methoxy groups -OCH3 is 1. The predicted octanol–water partition coefficient (Wildman–Crippen LogP) is 2.13. The molecule has 6 nitrogen and oxygen atoms in total. The van der Waals surface area contributed by atoms with Gasteiger partial charge in [0.05, 0.1) is 22.0 Å². The molecule has 1 rings (SSSR count). The molecule has 0 aromatic carbocycles. The van der Waals surface area contributed by atoms with Crippen LogP contribution in [-0.2, 0) is 14.8 Å². The highest BCUT2D eigenvalue weighted by molar-refractivity contribution is 9.11. The van der Waals surface area contributed by atoms with Gasteiger partial charge in [0.2, 0.25) is 10.0 Å². The third-order valence-corrected chi connectivity index (χ3v) is 7.14. The SMILES string of the molecule is COC(=O)c1cc(S(=O)(=O)NC(C)(C)C(C)(C)O)c(Br)s1. The summed E-state index contributed by atoms with van der Waals surface area (Å²) in [5.41, 5.74) is -2.37. The quantitative estimate of drug-likeness (QED) is 0.739. The van der Waals surface area contributed by atoms with Crippen molar-refractivity contribution >= 4 is 43.3 Å². The van der Waals surface area contributed by atoms with Crippen LogP contribution in [0.15, 0.2) is 14.7 Å². The first kappa shape index (κ1) is 18.6. The van der Waals surface area contributed by atoms with E-state index in [0.717, 1.165) is 11.3 Å². The van der Waals surface area contributed by atoms with Gasteiger partial charge < -0.3 is 9.84 Å². The van der Waals surface area contributed by atoms with Crippen LogP contribution in [0.5, 0.6) is 0 Å². The Kier molecular flexibility index (Phi) is 5.27. The first-order valence-corrected chi connectivity index (χ1v) is 9.05. The summed E-state index contributed by atoms with van der Waals surface area (Å²) < 4.78 is 32.2. The van der Waals surface area contributed by atoms with Crippen molar-refractivity contribution in [3.63, 3.8) is 0 Å². The van der Waals surface area contributed by atoms with Crippen LogP contribution in [0.2, 0.25) is 0 Å². The van der Waals surface area contributed by atoms with Gasteiger partial charge in [-0.15, -0.1) is 11.3 Å². The molecule has 0 bridgehead atoms. The number of hydrogen-bond donors (Lipinski definition) is 2. The minimum absolute atomic E-state index is 0.0646. The fraction of sp³-hybridized carbons (Fsp3) is 0.583. The predicted molar refractivity (Wildman–Crippen MR) is 84.1 cm³/mol. The van der Waals surface area contributed by atoms with Gasteiger partial charge in [-0.2, -0.15) is 0 Å². The van der Waals surface area contributed by atoms with Gasteiger partial charge >= 0.3 is 5.97 Å². The zero-order valence-electron chi connectivity index (χ0n) is 12.4. The number of carbonyl (C=O) groups excluding carboxylic acids is 1. The van der Waals surface area contributed by atoms with E-state index in [-0.39, 0.29) is 9.77 Å². The second-order valence-electron chi connectivity index (χ2n) is 5.53. The highest BCUT2D eigenvalue weighted by Crippen LogP contribution is 2.33. The lowest BCUT2D eigenvalue weighted by Gasteiger charge is -2.37. The molecule has 120 valence electrons. The minimum atomic E-state index is -3.91. The molecule has 0 aliphatic rings. The lowest BCUT2D eigenvalue weighted by atomic mass is 9.87. The molecule has 9 heteroatoms. The molecular weight excluding hydrogens is 382 g/mol. The van der Waals surface area contributed by atoms with Crippen molar-refractivity contribution in [1.82, 2.24) is 4.72 Å². The molecule has 2 N–H and O–H groups in total. The van der Waals surface area contributed by atoms with E-state index in [1.807, 2.05) is 0 Å². The van der Waals surface area contributed by atoms with Crippen molar-refractivity contribution in [2.24, 2.45) is 0 Å². The van der Waals surface area contributed by atoms with Gasteiger partial charge in [-0.25, -0.2) is 17.9 Å². The van der Waals surface area contributed by atoms with Crippen LogP contribution in [0.3, 0.4) is 0 Å². The van der Waals surface area contributed by atoms with Crippen molar-refractivity contribution in [3.8, 4) is 0 Å². The number of aliphatic hydroxyl groups is 1. The van der Waals surface area contributed by atoms with E-state index >= 15 is 0 Å². The Balaban J connectivity index is 3.21. The molecule has 0 fully saturated rings. The highest BCUT2D eigenvalue weighted by atomic mass is 79.9. The van der Waals surface area contributed by atoms with Crippen LogP contribution >= 0.6 is 27.3 Å². The Morgan fingerprint density at radius 2 is 1.90 bits per heavy atom. The number of halogens is 1. The molecule has 1 heterocycles. The van der Waals surface area contributed by atoms with E-state index in [0.29, 0.717) is 3.79 Å². The summed E-state index contributed by atoms with van der Waals surface area (Å²) in [6, 6.07) is 1.24. The van der Waals surface area contributed by atoms with E-state index < -0.39 is 27.1 Å². The number of hydrogen-bond acceptors (Lipinski definition) is 6. The number of carbonyl (C=O) groups is 1. The van der Waals surface area contributed by atoms with Gasteiger partial charge in [-0.05, 0) is 49.7 Å². The number of esters is 1. The van der Waals surface area contributed by atoms with Gasteiger partial charge in [0.1, 0.15) is 9.77 Å². The van der Waals surface area contributed by atoms with Gasteiger partial charge in [-0.3, -0.25) is 0 Å². The Morgan fingerprint density at radius 3 is 2.33 bits per heavy atom. The van der Waals surface area contributed by atoms with Gasteiger partial charge in [0, 0.05) is 0 Å². The second-order valence-corrected chi connectivity index (χ2v) is 9.55. The van der Waals surface area contributed by atoms with Crippen LogP contribution in [-0.4, -0.2) is 37.7 Å². The Morgan fingerprint density at radius 1 is 1.38 bits per heavy atom. The number of ether oxygens (including phenoxy) is 1. The van der Waals surface area contributed by atoms with E-state index in [2.05, 4.69) is 25.4 Å². The van der Waals surface area contributed by atoms with Crippen molar-refractivity contribution < 1.29 is 23.1 Å². The average Bonchev–Trinajstić information content (AvgIpc) is 2.68. The molecule has 0 atom stereocenters. The molecular formula is C12H18BrNO5S2. The van der Waals surface area contributed by atoms with E-state index in [4.69, 9.17) is 0 Å². The zero-order chi connectivity index (χ0) is 16.6. The van der Waals surface area contributed by atoms with Crippen molar-refractivity contribution in [2.75, 3.05) is 7.11 Å². The van der Waals surface area contributed by atoms with Gasteiger partial charge in [0.25, 0.3) is 0 Å². The maximum absolute atomic E-state index is 12.4. The van der Waals surface area contributed by atoms with Crippen molar-refractivity contribution in [1.29, 1.82) is 0 Å². The summed E-state index contributed by atoms with van der Waals surface area (Å²) in [5, 5.41) is 10.0. The van der Waals surface area contributed by atoms with E-state index in [9.17, 15) is 18.3 Å². The molecule has 1 aromatic rings. The molecule has 1 aromatic heterocycles. The molecule has 0 aliphatic heterocycles. The Hall–Kier alpha value is -0.480. The second kappa shape index (κ2) is 5.96. The normalized spacial score (nSPS) is 13.3. The van der Waals surface area contributed by atoms with Crippen LogP contribution in [0.25, 0.3) is 0 Å². The molecule has 0 aliphatic carbocycles. The van der Waals surface area contributed by atoms with Crippen LogP contribution in [0.1, 0.15) is 37.4 Å². The summed E-state index contributed by atoms with van der Waals surface area (Å²) in [5.74, 6) is -0.608. The Bertz CT molecular complexity index is 643. The highest BCUT2D eigenvalue weighted by Gasteiger charge is 2.39. The fourth-order valence-corrected chi connectivity index (χ4v) is 5.27. The molecule has 0 saturated carbocycles. The van der Waals surface area contributed by atoms with E-state index in [1.54, 1.807) is 13.8 Å². The maximum atomic E-state index is 12.4. The zero-order valence-corrected chi connectivity index (χ0v) is 15.6. The lowest BCUT2D eigenvalue weighted by Crippen LogP contribution is -2.57. The summed E-state index contributed by atoms with van der Waals surface area (Å²) in [4.78, 5) is 11.6. The molecule has 0 unspecified atom stereocenters. The first-order valence-electron chi connectivity index (χ1n) is 5.96. The average molecular weight is 400 g/mol. The third kappa shape index (κ3) is 4.04. The van der Waals surface area contributed by atoms with Gasteiger partial charge in [-0.1, -0.05) is 0 Å². The minimum Gasteiger partial charge on any atom is -0.465 e. The number of sulfonamides is 1. The van der Waals surface area contributed by atoms with Crippen molar-refractivity contribution in [2.45, 2.75) is 43.7 Å². The Labute approximate surface area is 136 Å². The fourth-order valence-electron chi connectivity index (χ4n) is 1.25. The summed E-state index contributed by atoms with van der Waals surface area (Å²) >= 11 is 4.11. The van der Waals surface area contributed by atoms with Gasteiger partial charge in [0.15, 0.2) is 0 Å². The van der Waals surface area contributed by atoms with Crippen LogP contribution in [0, 0.1) is 0 Å². The molecule has 0 spiro atoms. The van der Waals surface area contributed by atoms with Crippen LogP contribution in [0.4, 0.5) is 0 Å². The summed E-state index contributed by atoms with van der Waals surface area (Å²) in [7, 11) is -2.68. The summed E-state index contributed by atoms with van der Waals surface area (Å²) in [6.07, 6.45) is 0.